The summed E-state index contributed by atoms with van der Waals surface area (Å²) in [6.07, 6.45) is 1.73. The third kappa shape index (κ3) is 2.55. The van der Waals surface area contributed by atoms with E-state index in [0.29, 0.717) is 16.6 Å². The van der Waals surface area contributed by atoms with Crippen LogP contribution in [0.15, 0.2) is 34.0 Å². The zero-order chi connectivity index (χ0) is 15.7. The quantitative estimate of drug-likeness (QED) is 0.689. The van der Waals surface area contributed by atoms with Crippen LogP contribution < -0.4 is 4.72 Å². The van der Waals surface area contributed by atoms with Gasteiger partial charge < -0.3 is 14.2 Å². The predicted octanol–water partition coefficient (Wildman–Crippen LogP) is 4.58. The monoisotopic (exact) mass is 312 g/mol. The van der Waals surface area contributed by atoms with Crippen molar-refractivity contribution >= 4 is 28.5 Å². The van der Waals surface area contributed by atoms with Crippen LogP contribution >= 0.6 is 11.9 Å². The van der Waals surface area contributed by atoms with Crippen molar-refractivity contribution in [1.29, 1.82) is 5.26 Å². The molecule has 0 fully saturated rings. The first-order chi connectivity index (χ1) is 10.6. The molecule has 0 amide bonds. The summed E-state index contributed by atoms with van der Waals surface area (Å²) in [7, 11) is 0. The first-order valence-corrected chi connectivity index (χ1v) is 7.82. The highest BCUT2D eigenvalue weighted by Crippen LogP contribution is 2.32. The number of hydrogen-bond donors (Lipinski definition) is 2. The van der Waals surface area contributed by atoms with Crippen molar-refractivity contribution < 1.29 is 4.52 Å². The highest BCUT2D eigenvalue weighted by molar-refractivity contribution is 8.00. The fourth-order valence-electron chi connectivity index (χ4n) is 2.29. The fourth-order valence-corrected chi connectivity index (χ4v) is 2.93. The average Bonchev–Trinajstić information content (AvgIpc) is 3.13. The minimum absolute atomic E-state index is 0.339. The van der Waals surface area contributed by atoms with Crippen molar-refractivity contribution in [3.05, 3.63) is 41.2 Å². The number of aryl methyl sites for hydroxylation is 1. The van der Waals surface area contributed by atoms with E-state index in [1.807, 2.05) is 25.1 Å². The van der Waals surface area contributed by atoms with Gasteiger partial charge in [0.05, 0.1) is 22.5 Å². The van der Waals surface area contributed by atoms with Gasteiger partial charge in [0, 0.05) is 29.6 Å². The molecule has 5 nitrogen and oxygen atoms in total. The lowest BCUT2D eigenvalue weighted by molar-refractivity contribution is 0.343. The zero-order valence-corrected chi connectivity index (χ0v) is 13.4. The number of aromatic amines is 1. The maximum atomic E-state index is 9.18. The number of hydrogen-bond acceptors (Lipinski definition) is 5. The molecule has 0 atom stereocenters. The van der Waals surface area contributed by atoms with Gasteiger partial charge >= 0.3 is 0 Å². The van der Waals surface area contributed by atoms with E-state index < -0.39 is 0 Å². The Morgan fingerprint density at radius 1 is 1.41 bits per heavy atom. The molecule has 0 spiro atoms. The number of nitrogens with zero attached hydrogens (tertiary/aromatic N) is 2. The van der Waals surface area contributed by atoms with E-state index in [4.69, 9.17) is 4.52 Å². The molecule has 0 aliphatic heterocycles. The van der Waals surface area contributed by atoms with Crippen LogP contribution in [0.5, 0.6) is 0 Å². The Hall–Kier alpha value is -2.39. The van der Waals surface area contributed by atoms with Crippen LogP contribution in [0.1, 0.15) is 36.6 Å². The van der Waals surface area contributed by atoms with Crippen LogP contribution in [0.25, 0.3) is 10.9 Å². The minimum atomic E-state index is 0.339. The Balaban J connectivity index is 1.86. The smallest absolute Gasteiger partial charge is 0.213 e. The molecule has 22 heavy (non-hydrogen) atoms. The van der Waals surface area contributed by atoms with Crippen molar-refractivity contribution in [3.63, 3.8) is 0 Å². The Morgan fingerprint density at radius 3 is 2.91 bits per heavy atom. The number of nitrogens with one attached hydrogen (secondary N) is 2. The van der Waals surface area contributed by atoms with Crippen molar-refractivity contribution in [2.75, 3.05) is 4.72 Å². The molecule has 0 saturated heterocycles. The second kappa shape index (κ2) is 5.78. The van der Waals surface area contributed by atoms with Gasteiger partial charge in [-0.25, -0.2) is 0 Å². The average molecular weight is 312 g/mol. The van der Waals surface area contributed by atoms with Crippen molar-refractivity contribution in [2.24, 2.45) is 0 Å². The third-order valence-corrected chi connectivity index (χ3v) is 4.24. The van der Waals surface area contributed by atoms with Gasteiger partial charge in [-0.1, -0.05) is 25.1 Å². The first-order valence-electron chi connectivity index (χ1n) is 7.00. The van der Waals surface area contributed by atoms with Gasteiger partial charge in [-0.2, -0.15) is 5.26 Å². The van der Waals surface area contributed by atoms with Gasteiger partial charge in [0.15, 0.2) is 0 Å². The number of benzene rings is 1. The van der Waals surface area contributed by atoms with E-state index in [0.717, 1.165) is 27.8 Å². The third-order valence-electron chi connectivity index (χ3n) is 3.52. The van der Waals surface area contributed by atoms with Gasteiger partial charge in [0.25, 0.3) is 0 Å². The highest BCUT2D eigenvalue weighted by atomic mass is 32.2. The van der Waals surface area contributed by atoms with E-state index in [2.05, 4.69) is 34.8 Å². The van der Waals surface area contributed by atoms with Gasteiger partial charge in [-0.15, -0.1) is 0 Å². The molecule has 0 bridgehead atoms. The lowest BCUT2D eigenvalue weighted by atomic mass is 10.1. The summed E-state index contributed by atoms with van der Waals surface area (Å²) in [6, 6.07) is 8.13. The summed E-state index contributed by atoms with van der Waals surface area (Å²) in [5, 5.41) is 14.9. The van der Waals surface area contributed by atoms with E-state index in [9.17, 15) is 5.26 Å². The summed E-state index contributed by atoms with van der Waals surface area (Å²) in [4.78, 5) is 3.16. The van der Waals surface area contributed by atoms with Crippen LogP contribution in [0.3, 0.4) is 0 Å². The molecule has 2 N–H and O–H groups in total. The van der Waals surface area contributed by atoms with Crippen LogP contribution in [0.2, 0.25) is 0 Å². The second-order valence-corrected chi connectivity index (χ2v) is 6.23. The maximum Gasteiger partial charge on any atom is 0.213 e. The molecular weight excluding hydrogens is 296 g/mol. The number of rotatable bonds is 4. The largest absolute Gasteiger partial charge is 0.358 e. The lowest BCUT2D eigenvalue weighted by Crippen LogP contribution is -1.89. The van der Waals surface area contributed by atoms with Gasteiger partial charge in [0.1, 0.15) is 6.07 Å². The topological polar surface area (TPSA) is 77.6 Å². The summed E-state index contributed by atoms with van der Waals surface area (Å²) in [5.74, 6) is 0.339. The molecule has 6 heteroatoms. The van der Waals surface area contributed by atoms with E-state index >= 15 is 0 Å². The summed E-state index contributed by atoms with van der Waals surface area (Å²) in [5.41, 5.74) is 4.50. The van der Waals surface area contributed by atoms with Gasteiger partial charge in [0.2, 0.25) is 5.09 Å². The molecule has 3 aromatic rings. The molecule has 2 aromatic heterocycles. The molecule has 1 aromatic carbocycles. The molecular formula is C16H16N4OS. The van der Waals surface area contributed by atoms with Crippen molar-refractivity contribution in [1.82, 2.24) is 10.1 Å². The van der Waals surface area contributed by atoms with E-state index in [1.54, 1.807) is 6.20 Å². The number of nitriles is 1. The molecule has 0 radical (unpaired) electrons. The Kier molecular flexibility index (Phi) is 3.82. The van der Waals surface area contributed by atoms with E-state index in [-0.39, 0.29) is 0 Å². The predicted molar refractivity (Wildman–Crippen MR) is 87.8 cm³/mol. The Morgan fingerprint density at radius 2 is 2.23 bits per heavy atom. The molecule has 3 rings (SSSR count). The highest BCUT2D eigenvalue weighted by Gasteiger charge is 2.12. The Bertz CT molecular complexity index is 857. The van der Waals surface area contributed by atoms with Crippen LogP contribution in [0, 0.1) is 18.3 Å². The van der Waals surface area contributed by atoms with Crippen LogP contribution in [0.4, 0.5) is 5.69 Å². The summed E-state index contributed by atoms with van der Waals surface area (Å²) < 4.78 is 8.56. The van der Waals surface area contributed by atoms with Gasteiger partial charge in [-0.3, -0.25) is 0 Å². The molecule has 0 saturated carbocycles. The normalized spacial score (nSPS) is 11.0. The SMILES string of the molecule is Cc1ccc(NSc2cc(C(C)C)no2)c2[nH]cc(C#N)c12. The van der Waals surface area contributed by atoms with Gasteiger partial charge in [-0.05, 0) is 24.5 Å². The first kappa shape index (κ1) is 14.5. The molecule has 0 aliphatic carbocycles. The molecule has 0 unspecified atom stereocenters. The maximum absolute atomic E-state index is 9.18. The van der Waals surface area contributed by atoms with E-state index in [1.165, 1.54) is 11.9 Å². The number of anilines is 1. The summed E-state index contributed by atoms with van der Waals surface area (Å²) >= 11 is 1.37. The molecule has 0 aliphatic rings. The molecule has 112 valence electrons. The number of aromatic nitrogens is 2. The van der Waals surface area contributed by atoms with Crippen LogP contribution in [-0.4, -0.2) is 10.1 Å². The standard InChI is InChI=1S/C16H16N4OS/c1-9(2)13-6-14(21-19-13)22-20-12-5-4-10(3)15-11(7-17)8-18-16(12)15/h4-6,8-9,18,20H,1-3H3. The van der Waals surface area contributed by atoms with Crippen LogP contribution in [-0.2, 0) is 0 Å². The number of fused-ring (bicyclic) bond motifs is 1. The second-order valence-electron chi connectivity index (χ2n) is 5.42. The number of H-pyrrole nitrogens is 1. The summed E-state index contributed by atoms with van der Waals surface area (Å²) in [6.45, 7) is 6.15. The molecule has 2 heterocycles. The zero-order valence-electron chi connectivity index (χ0n) is 12.6. The van der Waals surface area contributed by atoms with Crippen molar-refractivity contribution in [2.45, 2.75) is 31.8 Å². The van der Waals surface area contributed by atoms with Crippen molar-refractivity contribution in [3.8, 4) is 6.07 Å². The lowest BCUT2D eigenvalue weighted by Gasteiger charge is -2.06. The fraction of sp³-hybridized carbons (Fsp3) is 0.250. The minimum Gasteiger partial charge on any atom is -0.358 e. The Labute approximate surface area is 132 Å².